The van der Waals surface area contributed by atoms with E-state index in [4.69, 9.17) is 4.74 Å². The maximum Gasteiger partial charge on any atom is 0.260 e. The van der Waals surface area contributed by atoms with Gasteiger partial charge in [0, 0.05) is 36.7 Å². The fourth-order valence-electron chi connectivity index (χ4n) is 4.40. The lowest BCUT2D eigenvalue weighted by Gasteiger charge is -2.29. The maximum atomic E-state index is 13.6. The average Bonchev–Trinajstić information content (AvgIpc) is 3.33. The first-order chi connectivity index (χ1) is 18.0. The van der Waals surface area contributed by atoms with E-state index in [-0.39, 0.29) is 30.9 Å². The summed E-state index contributed by atoms with van der Waals surface area (Å²) in [6, 6.07) is 27.4. The molecule has 0 unspecified atom stereocenters. The number of carbonyl (C=O) groups is 2. The second-order valence-corrected chi connectivity index (χ2v) is 9.68. The first-order valence-electron chi connectivity index (χ1n) is 12.8. The molecule has 2 amide bonds. The number of aromatic amines is 1. The summed E-state index contributed by atoms with van der Waals surface area (Å²) in [7, 11) is 0. The molecular formula is C31H35N3O3. The molecule has 0 bridgehead atoms. The van der Waals surface area contributed by atoms with E-state index in [0.29, 0.717) is 25.4 Å². The molecule has 6 heteroatoms. The summed E-state index contributed by atoms with van der Waals surface area (Å²) in [4.78, 5) is 33.5. The van der Waals surface area contributed by atoms with Crippen molar-refractivity contribution in [1.82, 2.24) is 14.8 Å². The Morgan fingerprint density at radius 1 is 0.838 bits per heavy atom. The number of benzene rings is 3. The van der Waals surface area contributed by atoms with Gasteiger partial charge in [-0.25, -0.2) is 0 Å². The summed E-state index contributed by atoms with van der Waals surface area (Å²) in [5, 5.41) is 1.17. The number of nitrogens with zero attached hydrogens (tertiary/aromatic N) is 2. The largest absolute Gasteiger partial charge is 0.484 e. The fraction of sp³-hybridized carbons (Fsp3) is 0.290. The number of amides is 2. The Morgan fingerprint density at radius 2 is 1.51 bits per heavy atom. The van der Waals surface area contributed by atoms with Crippen LogP contribution in [0.25, 0.3) is 10.9 Å². The van der Waals surface area contributed by atoms with Crippen molar-refractivity contribution in [2.45, 2.75) is 26.8 Å². The van der Waals surface area contributed by atoms with Gasteiger partial charge in [0.15, 0.2) is 6.61 Å². The SMILES string of the molecule is CC(C)CN(CC(=O)N(CCc1c[nH]c2ccccc12)Cc1ccccc1)C(=O)COc1ccccc1. The van der Waals surface area contributed by atoms with Gasteiger partial charge in [-0.15, -0.1) is 0 Å². The summed E-state index contributed by atoms with van der Waals surface area (Å²) < 4.78 is 5.69. The number of ether oxygens (including phenoxy) is 1. The van der Waals surface area contributed by atoms with Crippen LogP contribution in [0.2, 0.25) is 0 Å². The minimum Gasteiger partial charge on any atom is -0.484 e. The number of fused-ring (bicyclic) bond motifs is 1. The van der Waals surface area contributed by atoms with Crippen molar-refractivity contribution in [3.05, 3.63) is 102 Å². The second kappa shape index (κ2) is 12.8. The van der Waals surface area contributed by atoms with Crippen LogP contribution in [0, 0.1) is 5.92 Å². The van der Waals surface area contributed by atoms with E-state index in [1.807, 2.05) is 97.7 Å². The third-order valence-corrected chi connectivity index (χ3v) is 6.26. The fourth-order valence-corrected chi connectivity index (χ4v) is 4.40. The van der Waals surface area contributed by atoms with Crippen LogP contribution in [0.5, 0.6) is 5.75 Å². The van der Waals surface area contributed by atoms with Crippen LogP contribution < -0.4 is 4.74 Å². The van der Waals surface area contributed by atoms with Crippen LogP contribution in [-0.2, 0) is 22.6 Å². The van der Waals surface area contributed by atoms with Crippen LogP contribution in [0.3, 0.4) is 0 Å². The van der Waals surface area contributed by atoms with Gasteiger partial charge in [-0.3, -0.25) is 9.59 Å². The van der Waals surface area contributed by atoms with Crippen molar-refractivity contribution in [3.63, 3.8) is 0 Å². The van der Waals surface area contributed by atoms with E-state index in [2.05, 4.69) is 17.1 Å². The third kappa shape index (κ3) is 7.46. The van der Waals surface area contributed by atoms with E-state index >= 15 is 0 Å². The molecule has 0 aliphatic rings. The van der Waals surface area contributed by atoms with E-state index < -0.39 is 0 Å². The van der Waals surface area contributed by atoms with Gasteiger partial charge in [0.25, 0.3) is 5.91 Å². The number of H-pyrrole nitrogens is 1. The Labute approximate surface area is 218 Å². The quantitative estimate of drug-likeness (QED) is 0.289. The first-order valence-corrected chi connectivity index (χ1v) is 12.8. The normalized spacial score (nSPS) is 11.0. The number of hydrogen-bond acceptors (Lipinski definition) is 3. The molecule has 0 fully saturated rings. The molecule has 0 atom stereocenters. The number of hydrogen-bond donors (Lipinski definition) is 1. The van der Waals surface area contributed by atoms with Crippen LogP contribution >= 0.6 is 0 Å². The van der Waals surface area contributed by atoms with Crippen molar-refractivity contribution in [2.75, 3.05) is 26.2 Å². The summed E-state index contributed by atoms with van der Waals surface area (Å²) in [6.07, 6.45) is 2.74. The van der Waals surface area contributed by atoms with Gasteiger partial charge in [-0.1, -0.05) is 80.6 Å². The molecule has 1 aromatic heterocycles. The molecule has 0 saturated heterocycles. The Bertz CT molecular complexity index is 1280. The van der Waals surface area contributed by atoms with Gasteiger partial charge < -0.3 is 19.5 Å². The van der Waals surface area contributed by atoms with Crippen molar-refractivity contribution < 1.29 is 14.3 Å². The number of nitrogens with one attached hydrogen (secondary N) is 1. The molecule has 4 rings (SSSR count). The van der Waals surface area contributed by atoms with Crippen LogP contribution in [0.4, 0.5) is 0 Å². The molecule has 0 aliphatic heterocycles. The summed E-state index contributed by atoms with van der Waals surface area (Å²) in [6.45, 7) is 5.55. The molecule has 4 aromatic rings. The van der Waals surface area contributed by atoms with Crippen molar-refractivity contribution in [3.8, 4) is 5.75 Å². The van der Waals surface area contributed by atoms with Crippen molar-refractivity contribution in [2.24, 2.45) is 5.92 Å². The van der Waals surface area contributed by atoms with Crippen molar-refractivity contribution in [1.29, 1.82) is 0 Å². The summed E-state index contributed by atoms with van der Waals surface area (Å²) in [5.74, 6) is 0.595. The van der Waals surface area contributed by atoms with Gasteiger partial charge in [-0.05, 0) is 41.7 Å². The van der Waals surface area contributed by atoms with E-state index in [9.17, 15) is 9.59 Å². The lowest BCUT2D eigenvalue weighted by atomic mass is 10.1. The van der Waals surface area contributed by atoms with E-state index in [1.54, 1.807) is 4.90 Å². The zero-order valence-electron chi connectivity index (χ0n) is 21.6. The highest BCUT2D eigenvalue weighted by Gasteiger charge is 2.23. The van der Waals surface area contributed by atoms with Gasteiger partial charge in [0.1, 0.15) is 5.75 Å². The molecule has 192 valence electrons. The Morgan fingerprint density at radius 3 is 2.24 bits per heavy atom. The Kier molecular flexibility index (Phi) is 8.98. The standard InChI is InChI=1S/C31H35N3O3/c1-24(2)20-34(31(36)23-37-27-13-7-4-8-14-27)22-30(35)33(21-25-11-5-3-6-12-25)18-17-26-19-32-29-16-10-9-15-28(26)29/h3-16,19,24,32H,17-18,20-23H2,1-2H3. The smallest absolute Gasteiger partial charge is 0.260 e. The molecule has 37 heavy (non-hydrogen) atoms. The maximum absolute atomic E-state index is 13.6. The van der Waals surface area contributed by atoms with Crippen LogP contribution in [0.15, 0.2) is 91.1 Å². The first kappa shape index (κ1) is 26.0. The van der Waals surface area contributed by atoms with Gasteiger partial charge in [0.05, 0.1) is 6.54 Å². The number of carbonyl (C=O) groups excluding carboxylic acids is 2. The second-order valence-electron chi connectivity index (χ2n) is 9.68. The monoisotopic (exact) mass is 497 g/mol. The van der Waals surface area contributed by atoms with Crippen LogP contribution in [-0.4, -0.2) is 52.8 Å². The Hall–Kier alpha value is -4.06. The molecule has 1 N–H and O–H groups in total. The topological polar surface area (TPSA) is 65.6 Å². The lowest BCUT2D eigenvalue weighted by molar-refractivity contribution is -0.142. The Balaban J connectivity index is 1.46. The number of aromatic nitrogens is 1. The highest BCUT2D eigenvalue weighted by atomic mass is 16.5. The minimum absolute atomic E-state index is 0.0237. The number of rotatable bonds is 12. The highest BCUT2D eigenvalue weighted by molar-refractivity contribution is 5.86. The van der Waals surface area contributed by atoms with E-state index in [0.717, 1.165) is 17.5 Å². The lowest BCUT2D eigenvalue weighted by Crippen LogP contribution is -2.46. The minimum atomic E-state index is -0.192. The highest BCUT2D eigenvalue weighted by Crippen LogP contribution is 2.19. The third-order valence-electron chi connectivity index (χ3n) is 6.26. The molecule has 1 heterocycles. The van der Waals surface area contributed by atoms with E-state index in [1.165, 1.54) is 10.9 Å². The predicted molar refractivity (Wildman–Crippen MR) is 147 cm³/mol. The molecule has 3 aromatic carbocycles. The van der Waals surface area contributed by atoms with Crippen molar-refractivity contribution >= 4 is 22.7 Å². The van der Waals surface area contributed by atoms with Crippen LogP contribution in [0.1, 0.15) is 25.0 Å². The molecule has 6 nitrogen and oxygen atoms in total. The number of para-hydroxylation sites is 2. The summed E-state index contributed by atoms with van der Waals surface area (Å²) in [5.41, 5.74) is 3.32. The van der Waals surface area contributed by atoms with Gasteiger partial charge in [-0.2, -0.15) is 0 Å². The molecule has 0 radical (unpaired) electrons. The molecule has 0 aliphatic carbocycles. The average molecular weight is 498 g/mol. The summed E-state index contributed by atoms with van der Waals surface area (Å²) >= 11 is 0. The molecule has 0 spiro atoms. The predicted octanol–water partition coefficient (Wildman–Crippen LogP) is 5.30. The molecule has 0 saturated carbocycles. The van der Waals surface area contributed by atoms with Gasteiger partial charge >= 0.3 is 0 Å². The van der Waals surface area contributed by atoms with Gasteiger partial charge in [0.2, 0.25) is 5.91 Å². The molecular weight excluding hydrogens is 462 g/mol. The zero-order chi connectivity index (χ0) is 26.0. The zero-order valence-corrected chi connectivity index (χ0v) is 21.6.